The zero-order valence-electron chi connectivity index (χ0n) is 17.1. The number of aromatic nitrogens is 1. The van der Waals surface area contributed by atoms with Gasteiger partial charge in [0, 0.05) is 44.1 Å². The molecule has 0 radical (unpaired) electrons. The van der Waals surface area contributed by atoms with Crippen LogP contribution in [-0.4, -0.2) is 9.32 Å². The molecular weight excluding hydrogens is 443 g/mol. The Balaban J connectivity index is 2.06. The summed E-state index contributed by atoms with van der Waals surface area (Å²) in [4.78, 5) is 11.5. The van der Waals surface area contributed by atoms with Gasteiger partial charge in [0.05, 0.1) is 4.92 Å². The highest BCUT2D eigenvalue weighted by Gasteiger charge is 2.35. The van der Waals surface area contributed by atoms with Crippen molar-refractivity contribution in [3.8, 4) is 0 Å². The Hall–Kier alpha value is -3.40. The molecule has 158 valence electrons. The SMILES string of the molecule is Cc1c(P(=O)(c2ccccc2)c2ccccc2)c2cc(Cl)cc([N+](=O)[O-])c2n2cccc12. The van der Waals surface area contributed by atoms with Crippen molar-refractivity contribution >= 4 is 56.8 Å². The van der Waals surface area contributed by atoms with Crippen molar-refractivity contribution in [2.24, 2.45) is 0 Å². The van der Waals surface area contributed by atoms with Crippen molar-refractivity contribution in [1.29, 1.82) is 0 Å². The number of pyridine rings is 1. The van der Waals surface area contributed by atoms with E-state index in [1.54, 1.807) is 16.7 Å². The van der Waals surface area contributed by atoms with Crippen LogP contribution in [0.4, 0.5) is 5.69 Å². The Bertz CT molecular complexity index is 1500. The van der Waals surface area contributed by atoms with Crippen molar-refractivity contribution in [3.05, 3.63) is 112 Å². The Morgan fingerprint density at radius 3 is 2.06 bits per heavy atom. The van der Waals surface area contributed by atoms with Gasteiger partial charge in [-0.2, -0.15) is 0 Å². The smallest absolute Gasteiger partial charge is 0.295 e. The second-order valence-electron chi connectivity index (χ2n) is 7.60. The minimum absolute atomic E-state index is 0.123. The summed E-state index contributed by atoms with van der Waals surface area (Å²) in [7, 11) is -3.40. The average Bonchev–Trinajstić information content (AvgIpc) is 3.30. The molecule has 2 heterocycles. The van der Waals surface area contributed by atoms with Gasteiger partial charge in [-0.05, 0) is 30.7 Å². The lowest BCUT2D eigenvalue weighted by Gasteiger charge is -2.24. The molecule has 7 heteroatoms. The summed E-state index contributed by atoms with van der Waals surface area (Å²) < 4.78 is 17.0. The van der Waals surface area contributed by atoms with Crippen LogP contribution in [0.3, 0.4) is 0 Å². The fraction of sp³-hybridized carbons (Fsp3) is 0.0400. The van der Waals surface area contributed by atoms with E-state index >= 15 is 4.57 Å². The number of rotatable bonds is 4. The Labute approximate surface area is 189 Å². The van der Waals surface area contributed by atoms with Gasteiger partial charge in [-0.3, -0.25) is 10.1 Å². The monoisotopic (exact) mass is 460 g/mol. The molecule has 0 atom stereocenters. The molecule has 0 saturated carbocycles. The molecule has 0 unspecified atom stereocenters. The zero-order chi connectivity index (χ0) is 22.5. The molecular formula is C25H18ClN2O3P. The number of hydrogen-bond donors (Lipinski definition) is 0. The maximum absolute atomic E-state index is 15.2. The number of nitro groups is 1. The van der Waals surface area contributed by atoms with Crippen molar-refractivity contribution in [3.63, 3.8) is 0 Å². The third kappa shape index (κ3) is 2.97. The van der Waals surface area contributed by atoms with Gasteiger partial charge in [0.15, 0.2) is 7.14 Å². The topological polar surface area (TPSA) is 64.6 Å². The molecule has 0 aliphatic heterocycles. The predicted octanol–water partition coefficient (Wildman–Crippen LogP) is 5.60. The van der Waals surface area contributed by atoms with E-state index < -0.39 is 12.1 Å². The molecule has 32 heavy (non-hydrogen) atoms. The average molecular weight is 461 g/mol. The van der Waals surface area contributed by atoms with Crippen LogP contribution < -0.4 is 15.9 Å². The molecule has 0 aliphatic rings. The van der Waals surface area contributed by atoms with Crippen LogP contribution in [0.25, 0.3) is 16.4 Å². The van der Waals surface area contributed by atoms with E-state index in [2.05, 4.69) is 0 Å². The van der Waals surface area contributed by atoms with Gasteiger partial charge in [-0.1, -0.05) is 72.3 Å². The third-order valence-corrected chi connectivity index (χ3v) is 9.27. The highest BCUT2D eigenvalue weighted by molar-refractivity contribution is 7.85. The summed E-state index contributed by atoms with van der Waals surface area (Å²) in [6, 6.07) is 25.3. The maximum Gasteiger partial charge on any atom is 0.295 e. The summed E-state index contributed by atoms with van der Waals surface area (Å²) in [6.45, 7) is 1.91. The van der Waals surface area contributed by atoms with Gasteiger partial charge in [0.2, 0.25) is 0 Å². The van der Waals surface area contributed by atoms with E-state index in [1.165, 1.54) is 6.07 Å². The minimum atomic E-state index is -3.40. The maximum atomic E-state index is 15.2. The van der Waals surface area contributed by atoms with E-state index in [4.69, 9.17) is 11.6 Å². The van der Waals surface area contributed by atoms with Gasteiger partial charge in [-0.15, -0.1) is 0 Å². The minimum Gasteiger partial charge on any atom is -0.310 e. The van der Waals surface area contributed by atoms with Crippen molar-refractivity contribution in [1.82, 2.24) is 4.40 Å². The molecule has 0 aliphatic carbocycles. The molecule has 2 aromatic heterocycles. The molecule has 5 aromatic rings. The summed E-state index contributed by atoms with van der Waals surface area (Å²) in [5.41, 5.74) is 1.83. The first-order chi connectivity index (χ1) is 15.4. The van der Waals surface area contributed by atoms with Gasteiger partial charge in [0.25, 0.3) is 5.69 Å². The summed E-state index contributed by atoms with van der Waals surface area (Å²) in [5, 5.41) is 14.6. The Morgan fingerprint density at radius 1 is 0.906 bits per heavy atom. The highest BCUT2D eigenvalue weighted by atomic mass is 35.5. The van der Waals surface area contributed by atoms with E-state index in [0.29, 0.717) is 26.8 Å². The van der Waals surface area contributed by atoms with Gasteiger partial charge in [0.1, 0.15) is 5.52 Å². The summed E-state index contributed by atoms with van der Waals surface area (Å²) in [6.07, 6.45) is 1.78. The van der Waals surface area contributed by atoms with Gasteiger partial charge in [-0.25, -0.2) is 0 Å². The Morgan fingerprint density at radius 2 is 1.50 bits per heavy atom. The molecule has 0 saturated heterocycles. The standard InChI is InChI=1S/C25H18ClN2O3P/c1-17-22-13-8-14-27(22)24-21(15-18(26)16-23(24)28(29)30)25(17)32(31,19-9-4-2-5-10-19)20-11-6-3-7-12-20/h2-16H,1H3. The van der Waals surface area contributed by atoms with Crippen LogP contribution in [0.5, 0.6) is 0 Å². The third-order valence-electron chi connectivity index (χ3n) is 5.79. The van der Waals surface area contributed by atoms with Crippen LogP contribution in [0.2, 0.25) is 5.02 Å². The van der Waals surface area contributed by atoms with Gasteiger partial charge >= 0.3 is 0 Å². The molecule has 0 fully saturated rings. The van der Waals surface area contributed by atoms with Crippen LogP contribution in [0, 0.1) is 17.0 Å². The largest absolute Gasteiger partial charge is 0.310 e. The number of hydrogen-bond acceptors (Lipinski definition) is 3. The highest BCUT2D eigenvalue weighted by Crippen LogP contribution is 2.47. The number of halogens is 1. The second-order valence-corrected chi connectivity index (χ2v) is 10.7. The first kappa shape index (κ1) is 20.5. The fourth-order valence-corrected chi connectivity index (χ4v) is 7.76. The van der Waals surface area contributed by atoms with E-state index in [-0.39, 0.29) is 10.7 Å². The van der Waals surface area contributed by atoms with Crippen LogP contribution in [0.15, 0.2) is 91.1 Å². The molecule has 0 N–H and O–H groups in total. The number of non-ortho nitro benzene ring substituents is 1. The van der Waals surface area contributed by atoms with Gasteiger partial charge < -0.3 is 8.97 Å². The van der Waals surface area contributed by atoms with Crippen molar-refractivity contribution in [2.45, 2.75) is 6.92 Å². The molecule has 5 nitrogen and oxygen atoms in total. The van der Waals surface area contributed by atoms with Crippen LogP contribution in [-0.2, 0) is 4.57 Å². The number of benzene rings is 3. The predicted molar refractivity (Wildman–Crippen MR) is 131 cm³/mol. The molecule has 5 rings (SSSR count). The molecule has 0 bridgehead atoms. The zero-order valence-corrected chi connectivity index (χ0v) is 18.8. The second kappa shape index (κ2) is 7.63. The Kier molecular flexibility index (Phi) is 4.89. The number of nitro benzene ring substituents is 1. The van der Waals surface area contributed by atoms with Crippen LogP contribution >= 0.6 is 18.7 Å². The molecule has 0 amide bonds. The normalized spacial score (nSPS) is 11.8. The molecule has 0 spiro atoms. The van der Waals surface area contributed by atoms with Crippen molar-refractivity contribution < 1.29 is 9.49 Å². The quantitative estimate of drug-likeness (QED) is 0.199. The van der Waals surface area contributed by atoms with E-state index in [9.17, 15) is 10.1 Å². The molecule has 3 aromatic carbocycles. The lowest BCUT2D eigenvalue weighted by atomic mass is 10.1. The summed E-state index contributed by atoms with van der Waals surface area (Å²) >= 11 is 6.36. The number of nitrogens with zero attached hydrogens (tertiary/aromatic N) is 2. The van der Waals surface area contributed by atoms with Crippen molar-refractivity contribution in [2.75, 3.05) is 0 Å². The van der Waals surface area contributed by atoms with E-state index in [0.717, 1.165) is 11.1 Å². The fourth-order valence-electron chi connectivity index (χ4n) is 4.45. The first-order valence-electron chi connectivity index (χ1n) is 10.0. The number of aryl methyl sites for hydroxylation is 1. The first-order valence-corrected chi connectivity index (χ1v) is 12.1. The van der Waals surface area contributed by atoms with E-state index in [1.807, 2.05) is 79.7 Å². The lowest BCUT2D eigenvalue weighted by Crippen LogP contribution is -2.28. The summed E-state index contributed by atoms with van der Waals surface area (Å²) in [5.74, 6) is 0. The van der Waals surface area contributed by atoms with Crippen LogP contribution in [0.1, 0.15) is 5.56 Å². The lowest BCUT2D eigenvalue weighted by molar-refractivity contribution is -0.383. The number of fused-ring (bicyclic) bond motifs is 3.